The number of carbonyl (C=O) groups is 2. The molecule has 2 amide bonds. The van der Waals surface area contributed by atoms with Crippen LogP contribution in [0.15, 0.2) is 73.1 Å². The highest BCUT2D eigenvalue weighted by atomic mass is 35.5. The van der Waals surface area contributed by atoms with Gasteiger partial charge in [0, 0.05) is 28.9 Å². The number of pyridine rings is 1. The van der Waals surface area contributed by atoms with Crippen LogP contribution in [0.5, 0.6) is 0 Å². The van der Waals surface area contributed by atoms with E-state index in [9.17, 15) is 14.0 Å². The number of nitrogens with zero attached hydrogens (tertiary/aromatic N) is 3. The van der Waals surface area contributed by atoms with Gasteiger partial charge in [0.15, 0.2) is 5.69 Å². The second-order valence-corrected chi connectivity index (χ2v) is 7.72. The first-order valence-electron chi connectivity index (χ1n) is 9.84. The number of nitrogens with two attached hydrogens (primary N) is 1. The van der Waals surface area contributed by atoms with E-state index in [1.54, 1.807) is 35.0 Å². The van der Waals surface area contributed by atoms with E-state index < -0.39 is 17.6 Å². The monoisotopic (exact) mass is 459 g/mol. The quantitative estimate of drug-likeness (QED) is 0.406. The summed E-state index contributed by atoms with van der Waals surface area (Å²) in [5.41, 5.74) is 7.62. The van der Waals surface area contributed by atoms with Crippen molar-refractivity contribution >= 4 is 50.8 Å². The van der Waals surface area contributed by atoms with Gasteiger partial charge in [0.1, 0.15) is 5.82 Å². The smallest absolute Gasteiger partial charge is 0.269 e. The van der Waals surface area contributed by atoms with Gasteiger partial charge in [-0.15, -0.1) is 0 Å². The molecule has 3 N–H and O–H groups in total. The molecule has 0 fully saturated rings. The molecule has 33 heavy (non-hydrogen) atoms. The van der Waals surface area contributed by atoms with Crippen LogP contribution < -0.4 is 11.1 Å². The summed E-state index contributed by atoms with van der Waals surface area (Å²) in [5.74, 6) is -1.47. The fourth-order valence-electron chi connectivity index (χ4n) is 3.71. The zero-order chi connectivity index (χ0) is 23.1. The van der Waals surface area contributed by atoms with Crippen molar-refractivity contribution in [1.29, 1.82) is 0 Å². The number of rotatable bonds is 4. The van der Waals surface area contributed by atoms with Gasteiger partial charge in [-0.3, -0.25) is 14.6 Å². The standard InChI is InChI=1S/C24H15ClFN5O2/c25-20-12-28-10-9-17(20)24(33)29-15-5-1-13-2-8-18-21(23(27)32)30-31(22(18)19(13)11-15)16-6-3-14(26)4-7-16/h1-12H,(H2,27,32)(H,29,33). The first kappa shape index (κ1) is 20.6. The average molecular weight is 460 g/mol. The number of primary amides is 1. The molecule has 162 valence electrons. The van der Waals surface area contributed by atoms with Crippen molar-refractivity contribution < 1.29 is 14.0 Å². The lowest BCUT2D eigenvalue weighted by atomic mass is 10.0. The number of aromatic nitrogens is 3. The number of carbonyl (C=O) groups excluding carboxylic acids is 2. The van der Waals surface area contributed by atoms with Crippen LogP contribution in [0.25, 0.3) is 27.4 Å². The van der Waals surface area contributed by atoms with Crippen molar-refractivity contribution in [3.05, 3.63) is 95.2 Å². The van der Waals surface area contributed by atoms with E-state index in [4.69, 9.17) is 17.3 Å². The molecule has 0 radical (unpaired) electrons. The zero-order valence-corrected chi connectivity index (χ0v) is 17.7. The molecular formula is C24H15ClFN5O2. The van der Waals surface area contributed by atoms with Crippen LogP contribution in [0.1, 0.15) is 20.8 Å². The molecule has 0 saturated carbocycles. The molecule has 5 rings (SSSR count). The van der Waals surface area contributed by atoms with Gasteiger partial charge >= 0.3 is 0 Å². The van der Waals surface area contributed by atoms with Crippen molar-refractivity contribution in [1.82, 2.24) is 14.8 Å². The van der Waals surface area contributed by atoms with E-state index in [-0.39, 0.29) is 16.3 Å². The normalized spacial score (nSPS) is 11.1. The molecule has 9 heteroatoms. The number of nitrogens with one attached hydrogen (secondary N) is 1. The lowest BCUT2D eigenvalue weighted by Gasteiger charge is -2.10. The summed E-state index contributed by atoms with van der Waals surface area (Å²) >= 11 is 6.09. The summed E-state index contributed by atoms with van der Waals surface area (Å²) in [7, 11) is 0. The van der Waals surface area contributed by atoms with E-state index in [1.807, 2.05) is 12.1 Å². The van der Waals surface area contributed by atoms with Crippen molar-refractivity contribution in [2.45, 2.75) is 0 Å². The maximum Gasteiger partial charge on any atom is 0.269 e. The first-order chi connectivity index (χ1) is 15.9. The molecule has 5 aromatic rings. The molecule has 0 aliphatic heterocycles. The minimum absolute atomic E-state index is 0.0919. The maximum atomic E-state index is 13.5. The van der Waals surface area contributed by atoms with Crippen LogP contribution in [-0.4, -0.2) is 26.6 Å². The molecule has 2 aromatic heterocycles. The summed E-state index contributed by atoms with van der Waals surface area (Å²) in [5, 5.41) is 9.57. The Labute approximate surface area is 191 Å². The van der Waals surface area contributed by atoms with Crippen molar-refractivity contribution in [3.8, 4) is 5.69 Å². The zero-order valence-electron chi connectivity index (χ0n) is 16.9. The Balaban J connectivity index is 1.69. The molecule has 0 aliphatic carbocycles. The lowest BCUT2D eigenvalue weighted by molar-refractivity contribution is 0.0994. The van der Waals surface area contributed by atoms with Crippen molar-refractivity contribution in [2.75, 3.05) is 5.32 Å². The average Bonchev–Trinajstić information content (AvgIpc) is 3.20. The van der Waals surface area contributed by atoms with Gasteiger partial charge in [-0.1, -0.05) is 23.7 Å². The number of hydrogen-bond donors (Lipinski definition) is 2. The second kappa shape index (κ2) is 7.99. The Bertz CT molecular complexity index is 1560. The molecule has 3 aromatic carbocycles. The predicted molar refractivity (Wildman–Crippen MR) is 124 cm³/mol. The van der Waals surface area contributed by atoms with Gasteiger partial charge in [0.2, 0.25) is 0 Å². The Kier molecular flexibility index (Phi) is 4.99. The molecule has 0 atom stereocenters. The largest absolute Gasteiger partial charge is 0.364 e. The van der Waals surface area contributed by atoms with Crippen LogP contribution in [-0.2, 0) is 0 Å². The summed E-state index contributed by atoms with van der Waals surface area (Å²) in [6.45, 7) is 0. The minimum atomic E-state index is -0.683. The third kappa shape index (κ3) is 3.66. The van der Waals surface area contributed by atoms with E-state index in [1.165, 1.54) is 30.6 Å². The number of halogens is 2. The topological polar surface area (TPSA) is 103 Å². The van der Waals surface area contributed by atoms with Gasteiger partial charge in [-0.2, -0.15) is 5.10 Å². The second-order valence-electron chi connectivity index (χ2n) is 7.31. The number of benzene rings is 3. The summed E-state index contributed by atoms with van der Waals surface area (Å²) in [4.78, 5) is 28.7. The Morgan fingerprint density at radius 2 is 1.76 bits per heavy atom. The Morgan fingerprint density at radius 3 is 2.48 bits per heavy atom. The van der Waals surface area contributed by atoms with Crippen molar-refractivity contribution in [2.24, 2.45) is 5.73 Å². The first-order valence-corrected chi connectivity index (χ1v) is 10.2. The number of anilines is 1. The third-order valence-corrected chi connectivity index (χ3v) is 5.54. The molecule has 2 heterocycles. The van der Waals surface area contributed by atoms with Gasteiger partial charge < -0.3 is 11.1 Å². The van der Waals surface area contributed by atoms with Crippen LogP contribution >= 0.6 is 11.6 Å². The molecule has 7 nitrogen and oxygen atoms in total. The highest BCUT2D eigenvalue weighted by Crippen LogP contribution is 2.32. The van der Waals surface area contributed by atoms with Gasteiger partial charge in [-0.05, 0) is 53.9 Å². The number of fused-ring (bicyclic) bond motifs is 3. The summed E-state index contributed by atoms with van der Waals surface area (Å²) in [6.07, 6.45) is 2.88. The van der Waals surface area contributed by atoms with Gasteiger partial charge in [0.25, 0.3) is 11.8 Å². The predicted octanol–water partition coefficient (Wildman–Crippen LogP) is 4.72. The van der Waals surface area contributed by atoms with Crippen LogP contribution in [0.2, 0.25) is 5.02 Å². The molecule has 0 bridgehead atoms. The third-order valence-electron chi connectivity index (χ3n) is 5.24. The van der Waals surface area contributed by atoms with Crippen LogP contribution in [0, 0.1) is 5.82 Å². The summed E-state index contributed by atoms with van der Waals surface area (Å²) in [6, 6.07) is 16.2. The van der Waals surface area contributed by atoms with E-state index >= 15 is 0 Å². The van der Waals surface area contributed by atoms with E-state index in [2.05, 4.69) is 15.4 Å². The Morgan fingerprint density at radius 1 is 1.00 bits per heavy atom. The molecule has 0 unspecified atom stereocenters. The van der Waals surface area contributed by atoms with E-state index in [0.717, 1.165) is 10.8 Å². The van der Waals surface area contributed by atoms with Gasteiger partial charge in [-0.25, -0.2) is 9.07 Å². The molecule has 0 saturated heterocycles. The Hall–Kier alpha value is -4.30. The van der Waals surface area contributed by atoms with Gasteiger partial charge in [0.05, 0.1) is 21.8 Å². The molecule has 0 spiro atoms. The minimum Gasteiger partial charge on any atom is -0.364 e. The highest BCUT2D eigenvalue weighted by Gasteiger charge is 2.19. The highest BCUT2D eigenvalue weighted by molar-refractivity contribution is 6.34. The van der Waals surface area contributed by atoms with Crippen molar-refractivity contribution in [3.63, 3.8) is 0 Å². The van der Waals surface area contributed by atoms with E-state index in [0.29, 0.717) is 22.3 Å². The fourth-order valence-corrected chi connectivity index (χ4v) is 3.92. The number of hydrogen-bond acceptors (Lipinski definition) is 4. The van der Waals surface area contributed by atoms with Crippen LogP contribution in [0.4, 0.5) is 10.1 Å². The maximum absolute atomic E-state index is 13.5. The molecular weight excluding hydrogens is 445 g/mol. The number of amides is 2. The molecule has 0 aliphatic rings. The SMILES string of the molecule is NC(=O)c1nn(-c2ccc(F)cc2)c2c1ccc1ccc(NC(=O)c3ccncc3Cl)cc12. The summed E-state index contributed by atoms with van der Waals surface area (Å²) < 4.78 is 15.0. The fraction of sp³-hybridized carbons (Fsp3) is 0. The van der Waals surface area contributed by atoms with Crippen LogP contribution in [0.3, 0.4) is 0 Å². The lowest BCUT2D eigenvalue weighted by Crippen LogP contribution is -2.12.